The molecule has 2 aliphatic rings. The zero-order valence-electron chi connectivity index (χ0n) is 18.3. The van der Waals surface area contributed by atoms with Crippen molar-refractivity contribution >= 4 is 11.5 Å². The van der Waals surface area contributed by atoms with Gasteiger partial charge in [-0.3, -0.25) is 4.79 Å². The van der Waals surface area contributed by atoms with Gasteiger partial charge >= 0.3 is 0 Å². The monoisotopic (exact) mass is 387 g/mol. The Hall–Kier alpha value is -2.35. The van der Waals surface area contributed by atoms with Crippen LogP contribution in [0.4, 0.5) is 0 Å². The molecule has 0 fully saturated rings. The Morgan fingerprint density at radius 1 is 1.10 bits per heavy atom. The number of hydrogen-bond acceptors (Lipinski definition) is 1. The average Bonchev–Trinajstić information content (AvgIpc) is 3.11. The van der Waals surface area contributed by atoms with Gasteiger partial charge in [0.15, 0.2) is 0 Å². The van der Waals surface area contributed by atoms with E-state index >= 15 is 0 Å². The summed E-state index contributed by atoms with van der Waals surface area (Å²) in [5, 5.41) is 0. The van der Waals surface area contributed by atoms with E-state index in [1.165, 1.54) is 39.0 Å². The van der Waals surface area contributed by atoms with Crippen LogP contribution in [-0.2, 0) is 17.6 Å². The van der Waals surface area contributed by atoms with E-state index in [2.05, 4.69) is 68.1 Å². The molecule has 4 rings (SSSR count). The van der Waals surface area contributed by atoms with E-state index in [0.29, 0.717) is 6.42 Å². The van der Waals surface area contributed by atoms with Crippen LogP contribution in [0, 0.1) is 6.92 Å². The molecule has 0 unspecified atom stereocenters. The fourth-order valence-electron chi connectivity index (χ4n) is 5.32. The van der Waals surface area contributed by atoms with Crippen LogP contribution in [0.5, 0.6) is 0 Å². The van der Waals surface area contributed by atoms with Crippen LogP contribution in [0.3, 0.4) is 0 Å². The van der Waals surface area contributed by atoms with Gasteiger partial charge < -0.3 is 4.90 Å². The quantitative estimate of drug-likeness (QED) is 0.580. The minimum Gasteiger partial charge on any atom is -0.329 e. The molecule has 29 heavy (non-hydrogen) atoms. The third-order valence-corrected chi connectivity index (χ3v) is 6.81. The molecule has 0 saturated carbocycles. The summed E-state index contributed by atoms with van der Waals surface area (Å²) in [4.78, 5) is 15.5. The van der Waals surface area contributed by atoms with Gasteiger partial charge in [0.05, 0.1) is 6.04 Å². The van der Waals surface area contributed by atoms with Gasteiger partial charge in [0.1, 0.15) is 0 Å². The highest BCUT2D eigenvalue weighted by molar-refractivity contribution is 5.84. The van der Waals surface area contributed by atoms with Crippen LogP contribution < -0.4 is 0 Å². The smallest absolute Gasteiger partial charge is 0.223 e. The minimum absolute atomic E-state index is 0.0710. The van der Waals surface area contributed by atoms with Crippen molar-refractivity contribution in [3.63, 3.8) is 0 Å². The molecule has 2 heteroatoms. The highest BCUT2D eigenvalue weighted by atomic mass is 16.2. The summed E-state index contributed by atoms with van der Waals surface area (Å²) < 4.78 is 0. The van der Waals surface area contributed by atoms with Crippen molar-refractivity contribution in [2.75, 3.05) is 0 Å². The van der Waals surface area contributed by atoms with Crippen molar-refractivity contribution in [2.24, 2.45) is 0 Å². The summed E-state index contributed by atoms with van der Waals surface area (Å²) in [7, 11) is 0. The van der Waals surface area contributed by atoms with Crippen LogP contribution in [0.2, 0.25) is 0 Å². The average molecular weight is 388 g/mol. The van der Waals surface area contributed by atoms with Gasteiger partial charge in [-0.25, -0.2) is 0 Å². The summed E-state index contributed by atoms with van der Waals surface area (Å²) in [5.41, 5.74) is 9.77. The van der Waals surface area contributed by atoms with Gasteiger partial charge in [-0.1, -0.05) is 69.7 Å². The third-order valence-electron chi connectivity index (χ3n) is 6.81. The molecular weight excluding hydrogens is 354 g/mol. The van der Waals surface area contributed by atoms with E-state index in [9.17, 15) is 4.79 Å². The van der Waals surface area contributed by atoms with E-state index in [0.717, 1.165) is 32.1 Å². The second-order valence-corrected chi connectivity index (χ2v) is 8.59. The van der Waals surface area contributed by atoms with Crippen molar-refractivity contribution in [2.45, 2.75) is 78.3 Å². The molecule has 0 aromatic heterocycles. The molecule has 1 aliphatic carbocycles. The predicted octanol–water partition coefficient (Wildman–Crippen LogP) is 6.42. The van der Waals surface area contributed by atoms with Crippen LogP contribution in [-0.4, -0.2) is 16.8 Å². The third kappa shape index (κ3) is 3.43. The number of nitrogens with zero attached hydrogens (tertiary/aromatic N) is 1. The lowest BCUT2D eigenvalue weighted by Crippen LogP contribution is -2.46. The first kappa shape index (κ1) is 19.9. The second-order valence-electron chi connectivity index (χ2n) is 8.59. The fourth-order valence-corrected chi connectivity index (χ4v) is 5.32. The topological polar surface area (TPSA) is 20.3 Å². The number of aryl methyl sites for hydroxylation is 2. The maximum atomic E-state index is 13.3. The van der Waals surface area contributed by atoms with E-state index < -0.39 is 0 Å². The van der Waals surface area contributed by atoms with Gasteiger partial charge in [0.2, 0.25) is 5.91 Å². The van der Waals surface area contributed by atoms with E-state index in [-0.39, 0.29) is 18.0 Å². The Morgan fingerprint density at radius 3 is 2.62 bits per heavy atom. The molecule has 0 N–H and O–H groups in total. The lowest BCUT2D eigenvalue weighted by atomic mass is 9.81. The molecule has 1 aliphatic heterocycles. The van der Waals surface area contributed by atoms with Gasteiger partial charge in [-0.05, 0) is 71.6 Å². The van der Waals surface area contributed by atoms with Crippen LogP contribution >= 0.6 is 0 Å². The predicted molar refractivity (Wildman–Crippen MR) is 121 cm³/mol. The van der Waals surface area contributed by atoms with Crippen LogP contribution in [0.25, 0.3) is 5.57 Å². The maximum Gasteiger partial charge on any atom is 0.223 e. The number of fused-ring (bicyclic) bond motifs is 2. The standard InChI is InChI=1S/C27H33NO/c1-5-10-21-17-24-22-12-9-8-11-20(22)16-25(24)27(28(21)26(29)7-3)23-15-19(6-2)14-13-18(23)4/h8-9,11-15,21,27H,5-7,10,16-17H2,1-4H3/t21-,27-/m1/s1. The zero-order valence-corrected chi connectivity index (χ0v) is 18.3. The van der Waals surface area contributed by atoms with Crippen molar-refractivity contribution in [1.29, 1.82) is 0 Å². The zero-order chi connectivity index (χ0) is 20.5. The van der Waals surface area contributed by atoms with Gasteiger partial charge in [0, 0.05) is 12.5 Å². The molecule has 2 nitrogen and oxygen atoms in total. The number of hydrogen-bond donors (Lipinski definition) is 0. The molecule has 0 bridgehead atoms. The number of amides is 1. The fraction of sp³-hybridized carbons (Fsp3) is 0.444. The molecule has 2 aromatic carbocycles. The Labute approximate surface area is 175 Å². The maximum absolute atomic E-state index is 13.3. The van der Waals surface area contributed by atoms with Crippen molar-refractivity contribution in [1.82, 2.24) is 4.90 Å². The molecular formula is C27H33NO. The molecule has 2 atom stereocenters. The van der Waals surface area contributed by atoms with Gasteiger partial charge in [0.25, 0.3) is 0 Å². The lowest BCUT2D eigenvalue weighted by molar-refractivity contribution is -0.135. The van der Waals surface area contributed by atoms with Gasteiger partial charge in [-0.2, -0.15) is 0 Å². The van der Waals surface area contributed by atoms with E-state index in [1.54, 1.807) is 0 Å². The molecule has 0 saturated heterocycles. The second kappa shape index (κ2) is 8.18. The number of benzene rings is 2. The van der Waals surface area contributed by atoms with E-state index in [4.69, 9.17) is 0 Å². The number of carbonyl (C=O) groups is 1. The minimum atomic E-state index is 0.0710. The molecule has 0 spiro atoms. The van der Waals surface area contributed by atoms with Crippen molar-refractivity contribution in [3.8, 4) is 0 Å². The summed E-state index contributed by atoms with van der Waals surface area (Å²) in [6.45, 7) is 8.65. The van der Waals surface area contributed by atoms with Gasteiger partial charge in [-0.15, -0.1) is 0 Å². The number of carbonyl (C=O) groups excluding carboxylic acids is 1. The molecule has 0 radical (unpaired) electrons. The summed E-state index contributed by atoms with van der Waals surface area (Å²) in [5.74, 6) is 0.289. The summed E-state index contributed by atoms with van der Waals surface area (Å²) >= 11 is 0. The first-order valence-corrected chi connectivity index (χ1v) is 11.3. The lowest BCUT2D eigenvalue weighted by Gasteiger charge is -2.44. The van der Waals surface area contributed by atoms with Crippen LogP contribution in [0.1, 0.15) is 80.3 Å². The Morgan fingerprint density at radius 2 is 1.90 bits per heavy atom. The SMILES string of the molecule is CCC[C@@H]1CC2=C(Cc3ccccc32)[C@@H](c2cc(CC)ccc2C)N1C(=O)CC. The Kier molecular flexibility index (Phi) is 5.63. The summed E-state index contributed by atoms with van der Waals surface area (Å²) in [6, 6.07) is 16.0. The number of rotatable bonds is 5. The van der Waals surface area contributed by atoms with Crippen molar-refractivity contribution in [3.05, 3.63) is 75.9 Å². The first-order valence-electron chi connectivity index (χ1n) is 11.3. The first-order chi connectivity index (χ1) is 14.1. The van der Waals surface area contributed by atoms with Crippen LogP contribution in [0.15, 0.2) is 48.0 Å². The molecule has 2 aromatic rings. The summed E-state index contributed by atoms with van der Waals surface area (Å²) in [6.07, 6.45) is 5.72. The van der Waals surface area contributed by atoms with E-state index in [1.807, 2.05) is 6.92 Å². The highest BCUT2D eigenvalue weighted by Crippen LogP contribution is 2.50. The highest BCUT2D eigenvalue weighted by Gasteiger charge is 2.42. The Balaban J connectivity index is 1.92. The largest absolute Gasteiger partial charge is 0.329 e. The van der Waals surface area contributed by atoms with Crippen molar-refractivity contribution < 1.29 is 4.79 Å². The normalized spacial score (nSPS) is 20.6. The Bertz CT molecular complexity index is 955. The molecule has 152 valence electrons. The molecule has 1 amide bonds. The molecule has 1 heterocycles.